The molecular weight excluding hydrogens is 354 g/mol. The van der Waals surface area contributed by atoms with Gasteiger partial charge in [0.1, 0.15) is 11.3 Å². The van der Waals surface area contributed by atoms with Gasteiger partial charge >= 0.3 is 0 Å². The van der Waals surface area contributed by atoms with Gasteiger partial charge in [0.2, 0.25) is 15.9 Å². The summed E-state index contributed by atoms with van der Waals surface area (Å²) in [6, 6.07) is 9.75. The van der Waals surface area contributed by atoms with Crippen LogP contribution >= 0.6 is 0 Å². The molecule has 8 heteroatoms. The lowest BCUT2D eigenvalue weighted by molar-refractivity contribution is 0.0936. The van der Waals surface area contributed by atoms with Crippen LogP contribution in [0.5, 0.6) is 11.6 Å². The van der Waals surface area contributed by atoms with Gasteiger partial charge in [0.15, 0.2) is 0 Å². The molecule has 1 atom stereocenters. The van der Waals surface area contributed by atoms with E-state index in [1.807, 2.05) is 13.8 Å². The third-order valence-electron chi connectivity index (χ3n) is 3.73. The lowest BCUT2D eigenvalue weighted by Crippen LogP contribution is -2.32. The number of nitrogens with one attached hydrogen (secondary N) is 2. The number of hydrogen-bond acceptors (Lipinski definition) is 5. The first-order valence-electron chi connectivity index (χ1n) is 8.39. The molecule has 2 aromatic rings. The van der Waals surface area contributed by atoms with E-state index in [2.05, 4.69) is 15.0 Å². The second kappa shape index (κ2) is 8.66. The molecule has 0 bridgehead atoms. The number of pyridine rings is 1. The Kier molecular flexibility index (Phi) is 6.57. The van der Waals surface area contributed by atoms with Gasteiger partial charge < -0.3 is 10.1 Å². The minimum atomic E-state index is -3.33. The molecule has 7 nitrogen and oxygen atoms in total. The molecule has 1 unspecified atom stereocenters. The van der Waals surface area contributed by atoms with Gasteiger partial charge in [0, 0.05) is 17.9 Å². The van der Waals surface area contributed by atoms with Crippen molar-refractivity contribution in [2.45, 2.75) is 33.2 Å². The van der Waals surface area contributed by atoms with Gasteiger partial charge in [0.05, 0.1) is 5.75 Å². The number of carbonyl (C=O) groups excluding carboxylic acids is 1. The summed E-state index contributed by atoms with van der Waals surface area (Å²) < 4.78 is 31.3. The fraction of sp³-hybridized carbons (Fsp3) is 0.333. The smallest absolute Gasteiger partial charge is 0.256 e. The van der Waals surface area contributed by atoms with Crippen LogP contribution in [0.4, 0.5) is 5.69 Å². The number of rotatable bonds is 8. The van der Waals surface area contributed by atoms with Crippen LogP contribution in [0.25, 0.3) is 0 Å². The zero-order chi connectivity index (χ0) is 19.2. The molecule has 26 heavy (non-hydrogen) atoms. The van der Waals surface area contributed by atoms with Gasteiger partial charge in [-0.05, 0) is 56.7 Å². The average Bonchev–Trinajstić information content (AvgIpc) is 2.63. The predicted molar refractivity (Wildman–Crippen MR) is 101 cm³/mol. The van der Waals surface area contributed by atoms with Gasteiger partial charge in [-0.1, -0.05) is 6.92 Å². The number of aromatic nitrogens is 1. The maximum absolute atomic E-state index is 12.4. The summed E-state index contributed by atoms with van der Waals surface area (Å²) in [7, 11) is -3.33. The molecular formula is C18H23N3O4S. The first kappa shape index (κ1) is 19.7. The van der Waals surface area contributed by atoms with Crippen molar-refractivity contribution in [3.8, 4) is 11.6 Å². The Morgan fingerprint density at radius 1 is 1.19 bits per heavy atom. The van der Waals surface area contributed by atoms with Crippen molar-refractivity contribution < 1.29 is 17.9 Å². The quantitative estimate of drug-likeness (QED) is 0.736. The van der Waals surface area contributed by atoms with Crippen molar-refractivity contribution in [1.82, 2.24) is 10.3 Å². The Labute approximate surface area is 153 Å². The van der Waals surface area contributed by atoms with Crippen LogP contribution in [0.1, 0.15) is 37.6 Å². The molecule has 0 fully saturated rings. The fourth-order valence-corrected chi connectivity index (χ4v) is 2.64. The highest BCUT2D eigenvalue weighted by atomic mass is 32.2. The number of amides is 1. The second-order valence-corrected chi connectivity index (χ2v) is 7.78. The first-order valence-corrected chi connectivity index (χ1v) is 10.0. The minimum absolute atomic E-state index is 0.00611. The highest BCUT2D eigenvalue weighted by Gasteiger charge is 2.16. The number of nitrogens with zero attached hydrogens (tertiary/aromatic N) is 1. The number of sulfonamides is 1. The molecule has 2 N–H and O–H groups in total. The molecule has 0 saturated carbocycles. The van der Waals surface area contributed by atoms with E-state index in [4.69, 9.17) is 4.74 Å². The molecule has 140 valence electrons. The summed E-state index contributed by atoms with van der Waals surface area (Å²) >= 11 is 0. The van der Waals surface area contributed by atoms with Crippen LogP contribution in [-0.2, 0) is 10.0 Å². The highest BCUT2D eigenvalue weighted by Crippen LogP contribution is 2.24. The Hall–Kier alpha value is -2.61. The van der Waals surface area contributed by atoms with Crippen molar-refractivity contribution in [1.29, 1.82) is 0 Å². The van der Waals surface area contributed by atoms with E-state index in [0.29, 0.717) is 17.0 Å². The topological polar surface area (TPSA) is 97.4 Å². The molecule has 0 radical (unpaired) electrons. The van der Waals surface area contributed by atoms with Crippen LogP contribution in [0, 0.1) is 0 Å². The molecule has 0 saturated heterocycles. The van der Waals surface area contributed by atoms with E-state index >= 15 is 0 Å². The highest BCUT2D eigenvalue weighted by molar-refractivity contribution is 7.92. The largest absolute Gasteiger partial charge is 0.438 e. The SMILES string of the molecule is CCC(C)NC(=O)c1cccnc1Oc1ccc(NS(=O)(=O)CC)cc1. The van der Waals surface area contributed by atoms with Crippen molar-refractivity contribution in [2.24, 2.45) is 0 Å². The monoisotopic (exact) mass is 377 g/mol. The van der Waals surface area contributed by atoms with E-state index in [1.165, 1.54) is 0 Å². The van der Waals surface area contributed by atoms with E-state index in [0.717, 1.165) is 6.42 Å². The molecule has 1 heterocycles. The zero-order valence-electron chi connectivity index (χ0n) is 15.0. The van der Waals surface area contributed by atoms with Crippen LogP contribution in [-0.4, -0.2) is 31.1 Å². The Bertz CT molecular complexity index is 851. The Morgan fingerprint density at radius 2 is 1.88 bits per heavy atom. The number of anilines is 1. The standard InChI is InChI=1S/C18H23N3O4S/c1-4-13(3)20-17(22)16-7-6-12-19-18(16)25-15-10-8-14(9-11-15)21-26(23,24)5-2/h6-13,21H,4-5H2,1-3H3,(H,20,22). The molecule has 0 spiro atoms. The van der Waals surface area contributed by atoms with E-state index in [1.54, 1.807) is 49.5 Å². The van der Waals surface area contributed by atoms with Gasteiger partial charge in [-0.3, -0.25) is 9.52 Å². The Morgan fingerprint density at radius 3 is 2.50 bits per heavy atom. The molecule has 1 aromatic carbocycles. The number of ether oxygens (including phenoxy) is 1. The van der Waals surface area contributed by atoms with Gasteiger partial charge in [-0.25, -0.2) is 13.4 Å². The minimum Gasteiger partial charge on any atom is -0.438 e. The molecule has 1 aromatic heterocycles. The summed E-state index contributed by atoms with van der Waals surface area (Å²) in [5.74, 6) is 0.374. The summed E-state index contributed by atoms with van der Waals surface area (Å²) in [6.45, 7) is 5.47. The number of carbonyl (C=O) groups is 1. The van der Waals surface area contributed by atoms with E-state index in [-0.39, 0.29) is 23.6 Å². The van der Waals surface area contributed by atoms with Gasteiger partial charge in [0.25, 0.3) is 5.91 Å². The maximum atomic E-state index is 12.4. The van der Waals surface area contributed by atoms with Crippen LogP contribution in [0.3, 0.4) is 0 Å². The number of benzene rings is 1. The Balaban J connectivity index is 2.15. The third-order valence-corrected chi connectivity index (χ3v) is 5.03. The lowest BCUT2D eigenvalue weighted by Gasteiger charge is -2.14. The molecule has 1 amide bonds. The van der Waals surface area contributed by atoms with Gasteiger partial charge in [-0.15, -0.1) is 0 Å². The van der Waals surface area contributed by atoms with E-state index < -0.39 is 10.0 Å². The maximum Gasteiger partial charge on any atom is 0.256 e. The summed E-state index contributed by atoms with van der Waals surface area (Å²) in [5.41, 5.74) is 0.776. The molecule has 0 aliphatic rings. The second-order valence-electron chi connectivity index (χ2n) is 5.77. The third kappa shape index (κ3) is 5.45. The van der Waals surface area contributed by atoms with Crippen LogP contribution in [0.15, 0.2) is 42.6 Å². The normalized spacial score (nSPS) is 12.3. The summed E-state index contributed by atoms with van der Waals surface area (Å²) in [6.07, 6.45) is 2.36. The summed E-state index contributed by atoms with van der Waals surface area (Å²) in [5, 5.41) is 2.88. The van der Waals surface area contributed by atoms with Crippen molar-refractivity contribution >= 4 is 21.6 Å². The fourth-order valence-electron chi connectivity index (χ4n) is 2.00. The number of hydrogen-bond donors (Lipinski definition) is 2. The zero-order valence-corrected chi connectivity index (χ0v) is 15.8. The summed E-state index contributed by atoms with van der Waals surface area (Å²) in [4.78, 5) is 16.5. The average molecular weight is 377 g/mol. The van der Waals surface area contributed by atoms with Crippen molar-refractivity contribution in [3.63, 3.8) is 0 Å². The van der Waals surface area contributed by atoms with E-state index in [9.17, 15) is 13.2 Å². The molecule has 2 rings (SSSR count). The first-order chi connectivity index (χ1) is 12.3. The molecule has 0 aliphatic carbocycles. The van der Waals surface area contributed by atoms with Crippen LogP contribution < -0.4 is 14.8 Å². The molecule has 0 aliphatic heterocycles. The van der Waals surface area contributed by atoms with Crippen LogP contribution in [0.2, 0.25) is 0 Å². The van der Waals surface area contributed by atoms with Crippen molar-refractivity contribution in [3.05, 3.63) is 48.2 Å². The lowest BCUT2D eigenvalue weighted by atomic mass is 10.2. The van der Waals surface area contributed by atoms with Gasteiger partial charge in [-0.2, -0.15) is 0 Å². The predicted octanol–water partition coefficient (Wildman–Crippen LogP) is 3.16. The van der Waals surface area contributed by atoms with Crippen molar-refractivity contribution in [2.75, 3.05) is 10.5 Å².